The normalized spacial score (nSPS) is 10.8. The van der Waals surface area contributed by atoms with Crippen molar-refractivity contribution in [3.05, 3.63) is 57.6 Å². The molecule has 2 aromatic rings. The van der Waals surface area contributed by atoms with Crippen molar-refractivity contribution in [3.8, 4) is 11.5 Å². The first kappa shape index (κ1) is 20.7. The van der Waals surface area contributed by atoms with Crippen LogP contribution in [0.1, 0.15) is 30.0 Å². The number of aryl methyl sites for hydroxylation is 1. The molecule has 0 aliphatic carbocycles. The minimum Gasteiger partial charge on any atom is -0.490 e. The quantitative estimate of drug-likeness (QED) is 0.525. The number of rotatable bonds is 11. The molecule has 0 aromatic heterocycles. The molecule has 2 aromatic carbocycles. The molecule has 142 valence electrons. The number of benzene rings is 2. The molecular formula is C21H28BrNO3. The van der Waals surface area contributed by atoms with Gasteiger partial charge >= 0.3 is 0 Å². The molecule has 0 aliphatic heterocycles. The maximum absolute atomic E-state index is 6.03. The first-order valence-electron chi connectivity index (χ1n) is 8.97. The molecule has 0 unspecified atom stereocenters. The monoisotopic (exact) mass is 421 g/mol. The molecule has 0 saturated carbocycles. The van der Waals surface area contributed by atoms with E-state index in [1.165, 1.54) is 5.56 Å². The number of ether oxygens (including phenoxy) is 3. The lowest BCUT2D eigenvalue weighted by Crippen LogP contribution is -2.16. The highest BCUT2D eigenvalue weighted by Gasteiger charge is 2.11. The molecule has 0 atom stereocenters. The summed E-state index contributed by atoms with van der Waals surface area (Å²) in [7, 11) is 1.72. The van der Waals surface area contributed by atoms with Crippen LogP contribution < -0.4 is 14.8 Å². The molecule has 1 N–H and O–H groups in total. The van der Waals surface area contributed by atoms with Gasteiger partial charge < -0.3 is 19.5 Å². The van der Waals surface area contributed by atoms with Gasteiger partial charge in [-0.15, -0.1) is 0 Å². The number of halogens is 1. The highest BCUT2D eigenvalue weighted by Crippen LogP contribution is 2.34. The van der Waals surface area contributed by atoms with E-state index in [0.717, 1.165) is 53.2 Å². The molecule has 4 nitrogen and oxygen atoms in total. The third-order valence-electron chi connectivity index (χ3n) is 3.91. The van der Waals surface area contributed by atoms with Gasteiger partial charge in [0.25, 0.3) is 0 Å². The first-order chi connectivity index (χ1) is 12.6. The number of methoxy groups -OCH3 is 1. The summed E-state index contributed by atoms with van der Waals surface area (Å²) in [6, 6.07) is 12.4. The second kappa shape index (κ2) is 11.2. The number of nitrogens with one attached hydrogen (secondary N) is 1. The molecule has 5 heteroatoms. The average molecular weight is 422 g/mol. The summed E-state index contributed by atoms with van der Waals surface area (Å²) in [5.74, 6) is 1.53. The van der Waals surface area contributed by atoms with Crippen molar-refractivity contribution in [3.63, 3.8) is 0 Å². The second-order valence-electron chi connectivity index (χ2n) is 6.12. The van der Waals surface area contributed by atoms with E-state index < -0.39 is 0 Å². The predicted molar refractivity (Wildman–Crippen MR) is 109 cm³/mol. The maximum atomic E-state index is 6.03. The molecule has 2 rings (SSSR count). The Hall–Kier alpha value is -1.56. The van der Waals surface area contributed by atoms with Gasteiger partial charge in [0, 0.05) is 24.7 Å². The Morgan fingerprint density at radius 2 is 1.88 bits per heavy atom. The number of hydrogen-bond donors (Lipinski definition) is 1. The van der Waals surface area contributed by atoms with Gasteiger partial charge in [-0.2, -0.15) is 0 Å². The standard InChI is InChI=1S/C21H28BrNO3/c1-4-25-20-12-18(14-23-9-6-10-24-3)19(22)13-21(20)26-15-17-8-5-7-16(2)11-17/h5,7-8,11-13,23H,4,6,9-10,14-15H2,1-3H3. The Bertz CT molecular complexity index is 691. The van der Waals surface area contributed by atoms with Gasteiger partial charge in [0.1, 0.15) is 6.61 Å². The molecule has 0 saturated heterocycles. The first-order valence-corrected chi connectivity index (χ1v) is 9.76. The summed E-state index contributed by atoms with van der Waals surface area (Å²) in [5.41, 5.74) is 3.52. The van der Waals surface area contributed by atoms with Crippen molar-refractivity contribution in [2.45, 2.75) is 33.4 Å². The molecule has 0 amide bonds. The van der Waals surface area contributed by atoms with Gasteiger partial charge in [0.05, 0.1) is 6.61 Å². The Kier molecular flexibility index (Phi) is 8.95. The van der Waals surface area contributed by atoms with Gasteiger partial charge in [0.15, 0.2) is 11.5 Å². The highest BCUT2D eigenvalue weighted by atomic mass is 79.9. The lowest BCUT2D eigenvalue weighted by molar-refractivity contribution is 0.194. The van der Waals surface area contributed by atoms with E-state index >= 15 is 0 Å². The molecule has 26 heavy (non-hydrogen) atoms. The zero-order valence-electron chi connectivity index (χ0n) is 15.8. The number of hydrogen-bond acceptors (Lipinski definition) is 4. The zero-order valence-corrected chi connectivity index (χ0v) is 17.4. The average Bonchev–Trinajstić information content (AvgIpc) is 2.62. The maximum Gasteiger partial charge on any atom is 0.162 e. The van der Waals surface area contributed by atoms with Crippen molar-refractivity contribution in [2.75, 3.05) is 26.9 Å². The fourth-order valence-electron chi connectivity index (χ4n) is 2.62. The van der Waals surface area contributed by atoms with Crippen LogP contribution in [0.15, 0.2) is 40.9 Å². The van der Waals surface area contributed by atoms with E-state index in [2.05, 4.69) is 46.4 Å². The van der Waals surface area contributed by atoms with Crippen LogP contribution in [0, 0.1) is 6.92 Å². The Morgan fingerprint density at radius 3 is 2.62 bits per heavy atom. The fourth-order valence-corrected chi connectivity index (χ4v) is 3.08. The van der Waals surface area contributed by atoms with Gasteiger partial charge in [-0.3, -0.25) is 0 Å². The van der Waals surface area contributed by atoms with Crippen LogP contribution in [0.4, 0.5) is 0 Å². The topological polar surface area (TPSA) is 39.7 Å². The van der Waals surface area contributed by atoms with E-state index in [1.807, 2.05) is 25.1 Å². The molecule has 0 bridgehead atoms. The van der Waals surface area contributed by atoms with Gasteiger partial charge in [-0.05, 0) is 50.1 Å². The Morgan fingerprint density at radius 1 is 1.08 bits per heavy atom. The third kappa shape index (κ3) is 6.63. The summed E-state index contributed by atoms with van der Waals surface area (Å²) >= 11 is 3.65. The molecule has 0 spiro atoms. The lowest BCUT2D eigenvalue weighted by Gasteiger charge is -2.16. The predicted octanol–water partition coefficient (Wildman–Crippen LogP) is 4.86. The van der Waals surface area contributed by atoms with Crippen LogP contribution in [-0.4, -0.2) is 26.9 Å². The van der Waals surface area contributed by atoms with Gasteiger partial charge in [0.2, 0.25) is 0 Å². The lowest BCUT2D eigenvalue weighted by atomic mass is 10.1. The van der Waals surface area contributed by atoms with Crippen LogP contribution >= 0.6 is 15.9 Å². The van der Waals surface area contributed by atoms with E-state index in [1.54, 1.807) is 7.11 Å². The van der Waals surface area contributed by atoms with Crippen LogP contribution in [0.3, 0.4) is 0 Å². The van der Waals surface area contributed by atoms with Crippen molar-refractivity contribution < 1.29 is 14.2 Å². The smallest absolute Gasteiger partial charge is 0.162 e. The van der Waals surface area contributed by atoms with Gasteiger partial charge in [-0.1, -0.05) is 45.8 Å². The highest BCUT2D eigenvalue weighted by molar-refractivity contribution is 9.10. The van der Waals surface area contributed by atoms with Crippen LogP contribution in [-0.2, 0) is 17.9 Å². The second-order valence-corrected chi connectivity index (χ2v) is 6.98. The van der Waals surface area contributed by atoms with Crippen LogP contribution in [0.5, 0.6) is 11.5 Å². The summed E-state index contributed by atoms with van der Waals surface area (Å²) in [4.78, 5) is 0. The van der Waals surface area contributed by atoms with E-state index in [4.69, 9.17) is 14.2 Å². The summed E-state index contributed by atoms with van der Waals surface area (Å²) in [6.45, 7) is 7.63. The molecule has 0 radical (unpaired) electrons. The summed E-state index contributed by atoms with van der Waals surface area (Å²) in [6.07, 6.45) is 0.990. The minimum atomic E-state index is 0.517. The minimum absolute atomic E-state index is 0.517. The third-order valence-corrected chi connectivity index (χ3v) is 4.65. The molecular weight excluding hydrogens is 394 g/mol. The fraction of sp³-hybridized carbons (Fsp3) is 0.429. The molecule has 0 aliphatic rings. The molecule has 0 fully saturated rings. The Balaban J connectivity index is 2.04. The summed E-state index contributed by atoms with van der Waals surface area (Å²) < 4.78 is 17.9. The largest absolute Gasteiger partial charge is 0.490 e. The van der Waals surface area contributed by atoms with E-state index in [0.29, 0.717) is 13.2 Å². The zero-order chi connectivity index (χ0) is 18.8. The van der Waals surface area contributed by atoms with E-state index in [-0.39, 0.29) is 0 Å². The molecule has 0 heterocycles. The summed E-state index contributed by atoms with van der Waals surface area (Å²) in [5, 5.41) is 3.42. The van der Waals surface area contributed by atoms with Crippen molar-refractivity contribution in [1.82, 2.24) is 5.32 Å². The SMILES string of the molecule is CCOc1cc(CNCCCOC)c(Br)cc1OCc1cccc(C)c1. The van der Waals surface area contributed by atoms with Crippen molar-refractivity contribution >= 4 is 15.9 Å². The van der Waals surface area contributed by atoms with Crippen LogP contribution in [0.2, 0.25) is 0 Å². The van der Waals surface area contributed by atoms with Crippen molar-refractivity contribution in [1.29, 1.82) is 0 Å². The van der Waals surface area contributed by atoms with E-state index in [9.17, 15) is 0 Å². The van der Waals surface area contributed by atoms with Crippen molar-refractivity contribution in [2.24, 2.45) is 0 Å². The van der Waals surface area contributed by atoms with Gasteiger partial charge in [-0.25, -0.2) is 0 Å². The van der Waals surface area contributed by atoms with Crippen LogP contribution in [0.25, 0.3) is 0 Å². The Labute approximate surface area is 165 Å².